The number of likely N-dealkylation sites (tertiary alicyclic amines) is 1. The summed E-state index contributed by atoms with van der Waals surface area (Å²) in [6, 6.07) is 12.1. The van der Waals surface area contributed by atoms with Crippen molar-refractivity contribution < 1.29 is 9.21 Å². The summed E-state index contributed by atoms with van der Waals surface area (Å²) in [7, 11) is 0. The Bertz CT molecular complexity index is 1080. The molecule has 5 rings (SSSR count). The van der Waals surface area contributed by atoms with Crippen LogP contribution in [-0.2, 0) is 5.54 Å². The number of pyridine rings is 1. The molecule has 2 aliphatic rings. The van der Waals surface area contributed by atoms with E-state index < -0.39 is 0 Å². The Kier molecular flexibility index (Phi) is 4.45. The highest BCUT2D eigenvalue weighted by molar-refractivity contribution is 5.92. The zero-order valence-electron chi connectivity index (χ0n) is 17.8. The maximum atomic E-state index is 13.1. The summed E-state index contributed by atoms with van der Waals surface area (Å²) in [6.45, 7) is 8.66. The Labute approximate surface area is 177 Å². The maximum absolute atomic E-state index is 13.1. The molecular formula is C24H28N4O2. The highest BCUT2D eigenvalue weighted by Gasteiger charge is 2.51. The number of anilines is 1. The summed E-state index contributed by atoms with van der Waals surface area (Å²) >= 11 is 0. The van der Waals surface area contributed by atoms with Gasteiger partial charge < -0.3 is 18.8 Å². The number of aryl methyl sites for hydroxylation is 1. The van der Waals surface area contributed by atoms with Crippen molar-refractivity contribution in [2.24, 2.45) is 5.92 Å². The first-order chi connectivity index (χ1) is 14.5. The highest BCUT2D eigenvalue weighted by Crippen LogP contribution is 2.47. The molecule has 6 nitrogen and oxygen atoms in total. The van der Waals surface area contributed by atoms with Gasteiger partial charge in [0.1, 0.15) is 11.3 Å². The average Bonchev–Trinajstić information content (AvgIpc) is 3.47. The van der Waals surface area contributed by atoms with E-state index in [1.807, 2.05) is 30.2 Å². The number of rotatable bonds is 4. The topological polar surface area (TPSA) is 54.5 Å². The molecule has 3 aromatic rings. The van der Waals surface area contributed by atoms with E-state index in [0.29, 0.717) is 24.8 Å². The van der Waals surface area contributed by atoms with Crippen molar-refractivity contribution in [3.63, 3.8) is 0 Å². The van der Waals surface area contributed by atoms with E-state index in [-0.39, 0.29) is 11.4 Å². The lowest BCUT2D eigenvalue weighted by molar-refractivity contribution is 0.0749. The molecule has 0 bridgehead atoms. The van der Waals surface area contributed by atoms with Gasteiger partial charge in [-0.25, -0.2) is 4.98 Å². The van der Waals surface area contributed by atoms with Gasteiger partial charge in [-0.3, -0.25) is 4.79 Å². The fourth-order valence-corrected chi connectivity index (χ4v) is 4.92. The third-order valence-corrected chi connectivity index (χ3v) is 6.44. The minimum atomic E-state index is -0.258. The molecule has 1 atom stereocenters. The van der Waals surface area contributed by atoms with Crippen molar-refractivity contribution in [1.29, 1.82) is 0 Å². The first kappa shape index (κ1) is 19.0. The summed E-state index contributed by atoms with van der Waals surface area (Å²) in [5.41, 5.74) is 2.10. The van der Waals surface area contributed by atoms with Crippen LogP contribution < -0.4 is 4.90 Å². The van der Waals surface area contributed by atoms with Gasteiger partial charge in [-0.2, -0.15) is 0 Å². The lowest BCUT2D eigenvalue weighted by Crippen LogP contribution is -2.53. The van der Waals surface area contributed by atoms with E-state index >= 15 is 0 Å². The third kappa shape index (κ3) is 2.85. The van der Waals surface area contributed by atoms with Crippen LogP contribution in [0.1, 0.15) is 48.7 Å². The number of amides is 1. The second-order valence-corrected chi connectivity index (χ2v) is 8.86. The molecule has 0 radical (unpaired) electrons. The van der Waals surface area contributed by atoms with E-state index in [9.17, 15) is 4.79 Å². The Morgan fingerprint density at radius 3 is 2.87 bits per heavy atom. The van der Waals surface area contributed by atoms with Crippen LogP contribution in [0.4, 0.5) is 5.69 Å². The van der Waals surface area contributed by atoms with Crippen LogP contribution in [0.15, 0.2) is 53.2 Å². The molecule has 1 amide bonds. The summed E-state index contributed by atoms with van der Waals surface area (Å²) in [4.78, 5) is 22.3. The number of furan rings is 1. The van der Waals surface area contributed by atoms with Gasteiger partial charge >= 0.3 is 0 Å². The van der Waals surface area contributed by atoms with E-state index in [2.05, 4.69) is 47.7 Å². The normalized spacial score (nSPS) is 20.1. The summed E-state index contributed by atoms with van der Waals surface area (Å²) in [5.74, 6) is 2.72. The first-order valence-corrected chi connectivity index (χ1v) is 10.8. The molecule has 0 N–H and O–H groups in total. The number of carbonyl (C=O) groups is 1. The second kappa shape index (κ2) is 7.04. The van der Waals surface area contributed by atoms with Gasteiger partial charge in [0.15, 0.2) is 11.6 Å². The van der Waals surface area contributed by atoms with Crippen LogP contribution in [0.3, 0.4) is 0 Å². The second-order valence-electron chi connectivity index (χ2n) is 8.86. The van der Waals surface area contributed by atoms with Crippen molar-refractivity contribution in [3.05, 3.63) is 66.0 Å². The number of nitrogens with zero attached hydrogens (tertiary/aromatic N) is 4. The van der Waals surface area contributed by atoms with Crippen molar-refractivity contribution in [2.45, 2.75) is 39.2 Å². The molecule has 5 heterocycles. The van der Waals surface area contributed by atoms with Crippen LogP contribution in [0.2, 0.25) is 0 Å². The summed E-state index contributed by atoms with van der Waals surface area (Å²) in [6.07, 6.45) is 5.91. The van der Waals surface area contributed by atoms with Gasteiger partial charge in [-0.1, -0.05) is 13.8 Å². The van der Waals surface area contributed by atoms with Crippen LogP contribution >= 0.6 is 0 Å². The quantitative estimate of drug-likeness (QED) is 0.648. The van der Waals surface area contributed by atoms with Gasteiger partial charge in [-0.15, -0.1) is 0 Å². The molecular weight excluding hydrogens is 376 g/mol. The van der Waals surface area contributed by atoms with Crippen LogP contribution in [0.25, 0.3) is 5.82 Å². The number of carbonyl (C=O) groups excluding carboxylic acids is 1. The Balaban J connectivity index is 1.56. The predicted molar refractivity (Wildman–Crippen MR) is 116 cm³/mol. The molecule has 1 saturated heterocycles. The van der Waals surface area contributed by atoms with E-state index in [0.717, 1.165) is 36.7 Å². The molecule has 3 aromatic heterocycles. The molecule has 0 saturated carbocycles. The van der Waals surface area contributed by atoms with Gasteiger partial charge in [0.2, 0.25) is 0 Å². The number of hydrogen-bond acceptors (Lipinski definition) is 4. The van der Waals surface area contributed by atoms with E-state index in [1.165, 1.54) is 5.69 Å². The van der Waals surface area contributed by atoms with Gasteiger partial charge in [0.05, 0.1) is 17.9 Å². The molecule has 1 fully saturated rings. The molecule has 0 unspecified atom stereocenters. The van der Waals surface area contributed by atoms with Gasteiger partial charge in [0, 0.05) is 25.5 Å². The molecule has 0 aromatic carbocycles. The largest absolute Gasteiger partial charge is 0.456 e. The van der Waals surface area contributed by atoms with E-state index in [1.54, 1.807) is 6.07 Å². The summed E-state index contributed by atoms with van der Waals surface area (Å²) in [5, 5.41) is 0. The lowest BCUT2D eigenvalue weighted by atomic mass is 9.88. The van der Waals surface area contributed by atoms with Crippen LogP contribution in [0.5, 0.6) is 0 Å². The van der Waals surface area contributed by atoms with Crippen molar-refractivity contribution >= 4 is 11.6 Å². The molecule has 156 valence electrons. The van der Waals surface area contributed by atoms with Crippen molar-refractivity contribution in [3.8, 4) is 5.82 Å². The third-order valence-electron chi connectivity index (χ3n) is 6.44. The summed E-state index contributed by atoms with van der Waals surface area (Å²) < 4.78 is 7.83. The minimum Gasteiger partial charge on any atom is -0.456 e. The molecule has 1 spiro atoms. The average molecular weight is 405 g/mol. The minimum absolute atomic E-state index is 0.0288. The Morgan fingerprint density at radius 2 is 2.10 bits per heavy atom. The molecule has 6 heteroatoms. The van der Waals surface area contributed by atoms with Crippen molar-refractivity contribution in [1.82, 2.24) is 14.5 Å². The van der Waals surface area contributed by atoms with Crippen LogP contribution in [-0.4, -0.2) is 40.0 Å². The van der Waals surface area contributed by atoms with Gasteiger partial charge in [0.25, 0.3) is 5.91 Å². The van der Waals surface area contributed by atoms with Crippen molar-refractivity contribution in [2.75, 3.05) is 24.5 Å². The fraction of sp³-hybridized carbons (Fsp3) is 0.417. The predicted octanol–water partition coefficient (Wildman–Crippen LogP) is 4.38. The number of aromatic nitrogens is 2. The first-order valence-electron chi connectivity index (χ1n) is 10.8. The van der Waals surface area contributed by atoms with E-state index in [4.69, 9.17) is 9.40 Å². The zero-order chi connectivity index (χ0) is 20.9. The molecule has 0 aliphatic carbocycles. The zero-order valence-corrected chi connectivity index (χ0v) is 17.8. The SMILES string of the molecule is Cc1ccc(C(=O)N2CC[C@@]3(C2)c2cccn2-c2ncccc2N3CCC(C)C)o1. The highest BCUT2D eigenvalue weighted by atomic mass is 16.3. The number of fused-ring (bicyclic) bond motifs is 4. The fourth-order valence-electron chi connectivity index (χ4n) is 4.92. The smallest absolute Gasteiger partial charge is 0.289 e. The lowest BCUT2D eigenvalue weighted by Gasteiger charge is -2.47. The molecule has 30 heavy (non-hydrogen) atoms. The maximum Gasteiger partial charge on any atom is 0.289 e. The monoisotopic (exact) mass is 404 g/mol. The molecule has 2 aliphatic heterocycles. The van der Waals surface area contributed by atoms with Crippen LogP contribution in [0, 0.1) is 12.8 Å². The van der Waals surface area contributed by atoms with Gasteiger partial charge in [-0.05, 0) is 62.1 Å². The Morgan fingerprint density at radius 1 is 1.23 bits per heavy atom. The number of hydrogen-bond donors (Lipinski definition) is 0. The standard InChI is InChI=1S/C24H28N4O2/c1-17(2)10-14-28-19-6-4-12-25-22(19)27-13-5-7-21(27)24(28)11-15-26(16-24)23(29)20-9-8-18(3)30-20/h4-9,12-13,17H,10-11,14-16H2,1-3H3/t24-/m1/s1. The Hall–Kier alpha value is -3.02.